The van der Waals surface area contributed by atoms with Gasteiger partial charge in [-0.2, -0.15) is 0 Å². The molecule has 0 amide bonds. The lowest BCUT2D eigenvalue weighted by atomic mass is 10.1. The van der Waals surface area contributed by atoms with E-state index in [1.54, 1.807) is 14.2 Å². The molecule has 0 spiro atoms. The van der Waals surface area contributed by atoms with Crippen LogP contribution in [0.2, 0.25) is 0 Å². The van der Waals surface area contributed by atoms with E-state index in [9.17, 15) is 5.11 Å². The van der Waals surface area contributed by atoms with Crippen LogP contribution in [-0.4, -0.2) is 50.0 Å². The Labute approximate surface area is 127 Å². The first-order valence-corrected chi connectivity index (χ1v) is 7.70. The zero-order chi connectivity index (χ0) is 15.2. The Morgan fingerprint density at radius 1 is 1.33 bits per heavy atom. The standard InChI is InChI=1S/C17H27NO3/c1-13(14-7-8-14)18(9-10-20-2)12-17(19)15-5-4-6-16(11-15)21-3/h4-6,11,13-14,17,19H,7-10,12H2,1-3H3. The van der Waals surface area contributed by atoms with Crippen molar-refractivity contribution in [3.05, 3.63) is 29.8 Å². The molecule has 1 aliphatic carbocycles. The Hall–Kier alpha value is -1.10. The molecule has 118 valence electrons. The molecule has 21 heavy (non-hydrogen) atoms. The Morgan fingerprint density at radius 2 is 2.10 bits per heavy atom. The van der Waals surface area contributed by atoms with Crippen LogP contribution in [0.3, 0.4) is 0 Å². The number of aliphatic hydroxyl groups is 1. The monoisotopic (exact) mass is 293 g/mol. The number of nitrogens with zero attached hydrogens (tertiary/aromatic N) is 1. The smallest absolute Gasteiger partial charge is 0.119 e. The first kappa shape index (κ1) is 16.3. The summed E-state index contributed by atoms with van der Waals surface area (Å²) in [6.45, 7) is 4.44. The van der Waals surface area contributed by atoms with Crippen LogP contribution in [0.15, 0.2) is 24.3 Å². The summed E-state index contributed by atoms with van der Waals surface area (Å²) in [4.78, 5) is 2.34. The maximum Gasteiger partial charge on any atom is 0.119 e. The molecular weight excluding hydrogens is 266 g/mol. The Bertz CT molecular complexity index is 434. The van der Waals surface area contributed by atoms with E-state index in [1.807, 2.05) is 24.3 Å². The lowest BCUT2D eigenvalue weighted by Gasteiger charge is -2.31. The molecule has 2 atom stereocenters. The molecule has 1 aromatic carbocycles. The van der Waals surface area contributed by atoms with Crippen LogP contribution < -0.4 is 4.74 Å². The zero-order valence-electron chi connectivity index (χ0n) is 13.3. The minimum absolute atomic E-state index is 0.500. The first-order chi connectivity index (χ1) is 10.2. The summed E-state index contributed by atoms with van der Waals surface area (Å²) in [7, 11) is 3.37. The normalized spacial score (nSPS) is 17.8. The van der Waals surface area contributed by atoms with Crippen molar-refractivity contribution in [3.8, 4) is 5.75 Å². The van der Waals surface area contributed by atoms with E-state index in [4.69, 9.17) is 9.47 Å². The van der Waals surface area contributed by atoms with Crippen LogP contribution in [0, 0.1) is 5.92 Å². The molecule has 0 radical (unpaired) electrons. The third-order valence-corrected chi connectivity index (χ3v) is 4.35. The number of hydrogen-bond acceptors (Lipinski definition) is 4. The van der Waals surface area contributed by atoms with Crippen molar-refractivity contribution in [1.82, 2.24) is 4.90 Å². The quantitative estimate of drug-likeness (QED) is 0.759. The number of aliphatic hydroxyl groups excluding tert-OH is 1. The summed E-state index contributed by atoms with van der Waals surface area (Å²) in [6, 6.07) is 8.16. The summed E-state index contributed by atoms with van der Waals surface area (Å²) in [5, 5.41) is 10.5. The topological polar surface area (TPSA) is 41.9 Å². The molecule has 1 aromatic rings. The SMILES string of the molecule is COCCN(CC(O)c1cccc(OC)c1)C(C)C1CC1. The molecule has 0 aromatic heterocycles. The van der Waals surface area contributed by atoms with E-state index in [0.717, 1.165) is 23.8 Å². The predicted molar refractivity (Wildman–Crippen MR) is 83.6 cm³/mol. The maximum atomic E-state index is 10.5. The lowest BCUT2D eigenvalue weighted by Crippen LogP contribution is -2.40. The Kier molecular flexibility index (Phi) is 6.03. The molecular formula is C17H27NO3. The van der Waals surface area contributed by atoms with Gasteiger partial charge < -0.3 is 14.6 Å². The minimum Gasteiger partial charge on any atom is -0.497 e. The van der Waals surface area contributed by atoms with Gasteiger partial charge in [0.05, 0.1) is 19.8 Å². The lowest BCUT2D eigenvalue weighted by molar-refractivity contribution is 0.0619. The molecule has 1 saturated carbocycles. The third-order valence-electron chi connectivity index (χ3n) is 4.35. The maximum absolute atomic E-state index is 10.5. The highest BCUT2D eigenvalue weighted by Crippen LogP contribution is 2.35. The molecule has 2 unspecified atom stereocenters. The molecule has 0 aliphatic heterocycles. The largest absolute Gasteiger partial charge is 0.497 e. The number of methoxy groups -OCH3 is 2. The fraction of sp³-hybridized carbons (Fsp3) is 0.647. The van der Waals surface area contributed by atoms with Crippen LogP contribution in [0.1, 0.15) is 31.4 Å². The van der Waals surface area contributed by atoms with Gasteiger partial charge in [-0.05, 0) is 43.4 Å². The molecule has 1 N–H and O–H groups in total. The average molecular weight is 293 g/mol. The molecule has 1 aliphatic rings. The van der Waals surface area contributed by atoms with E-state index in [1.165, 1.54) is 12.8 Å². The van der Waals surface area contributed by atoms with Crippen LogP contribution in [0.25, 0.3) is 0 Å². The number of ether oxygens (including phenoxy) is 2. The van der Waals surface area contributed by atoms with Gasteiger partial charge in [-0.1, -0.05) is 12.1 Å². The summed E-state index contributed by atoms with van der Waals surface area (Å²) in [5.74, 6) is 1.56. The molecule has 1 fully saturated rings. The predicted octanol–water partition coefficient (Wildman–Crippen LogP) is 2.48. The summed E-state index contributed by atoms with van der Waals surface area (Å²) in [6.07, 6.45) is 2.11. The third kappa shape index (κ3) is 4.70. The van der Waals surface area contributed by atoms with E-state index in [0.29, 0.717) is 19.2 Å². The van der Waals surface area contributed by atoms with Crippen molar-refractivity contribution in [2.45, 2.75) is 31.9 Å². The van der Waals surface area contributed by atoms with Crippen molar-refractivity contribution >= 4 is 0 Å². The van der Waals surface area contributed by atoms with Crippen molar-refractivity contribution in [2.24, 2.45) is 5.92 Å². The van der Waals surface area contributed by atoms with Gasteiger partial charge in [0.2, 0.25) is 0 Å². The van der Waals surface area contributed by atoms with Crippen molar-refractivity contribution < 1.29 is 14.6 Å². The molecule has 0 saturated heterocycles. The van der Waals surface area contributed by atoms with Crippen molar-refractivity contribution in [1.29, 1.82) is 0 Å². The summed E-state index contributed by atoms with van der Waals surface area (Å²) in [5.41, 5.74) is 0.903. The van der Waals surface area contributed by atoms with Crippen LogP contribution in [0.5, 0.6) is 5.75 Å². The fourth-order valence-corrected chi connectivity index (χ4v) is 2.72. The van der Waals surface area contributed by atoms with Crippen molar-refractivity contribution in [2.75, 3.05) is 33.9 Å². The molecule has 2 rings (SSSR count). The average Bonchev–Trinajstić information content (AvgIpc) is 3.35. The number of hydrogen-bond donors (Lipinski definition) is 1. The van der Waals surface area contributed by atoms with Gasteiger partial charge in [-0.3, -0.25) is 4.90 Å². The van der Waals surface area contributed by atoms with Crippen LogP contribution in [0.4, 0.5) is 0 Å². The van der Waals surface area contributed by atoms with Crippen molar-refractivity contribution in [3.63, 3.8) is 0 Å². The molecule has 4 nitrogen and oxygen atoms in total. The van der Waals surface area contributed by atoms with Crippen LogP contribution in [-0.2, 0) is 4.74 Å². The Balaban J connectivity index is 1.99. The molecule has 4 heteroatoms. The molecule has 0 bridgehead atoms. The summed E-state index contributed by atoms with van der Waals surface area (Å²) < 4.78 is 10.4. The second kappa shape index (κ2) is 7.78. The van der Waals surface area contributed by atoms with Gasteiger partial charge in [-0.15, -0.1) is 0 Å². The summed E-state index contributed by atoms with van der Waals surface area (Å²) >= 11 is 0. The van der Waals surface area contributed by atoms with E-state index >= 15 is 0 Å². The van der Waals surface area contributed by atoms with Gasteiger partial charge in [-0.25, -0.2) is 0 Å². The zero-order valence-corrected chi connectivity index (χ0v) is 13.3. The highest BCUT2D eigenvalue weighted by atomic mass is 16.5. The second-order valence-corrected chi connectivity index (χ2v) is 5.86. The first-order valence-electron chi connectivity index (χ1n) is 7.70. The number of rotatable bonds is 9. The van der Waals surface area contributed by atoms with E-state index in [2.05, 4.69) is 11.8 Å². The molecule has 0 heterocycles. The van der Waals surface area contributed by atoms with Crippen LogP contribution >= 0.6 is 0 Å². The minimum atomic E-state index is -0.502. The highest BCUT2D eigenvalue weighted by molar-refractivity contribution is 5.29. The van der Waals surface area contributed by atoms with Gasteiger partial charge in [0.15, 0.2) is 0 Å². The van der Waals surface area contributed by atoms with E-state index < -0.39 is 6.10 Å². The van der Waals surface area contributed by atoms with Gasteiger partial charge in [0.25, 0.3) is 0 Å². The second-order valence-electron chi connectivity index (χ2n) is 5.86. The van der Waals surface area contributed by atoms with Gasteiger partial charge in [0, 0.05) is 26.2 Å². The fourth-order valence-electron chi connectivity index (χ4n) is 2.72. The number of benzene rings is 1. The van der Waals surface area contributed by atoms with Gasteiger partial charge in [0.1, 0.15) is 5.75 Å². The van der Waals surface area contributed by atoms with E-state index in [-0.39, 0.29) is 0 Å². The Morgan fingerprint density at radius 3 is 2.71 bits per heavy atom. The van der Waals surface area contributed by atoms with Gasteiger partial charge >= 0.3 is 0 Å². The highest BCUT2D eigenvalue weighted by Gasteiger charge is 2.32.